The molecule has 0 spiro atoms. The molecule has 0 radical (unpaired) electrons. The molecule has 1 amide bonds. The Bertz CT molecular complexity index is 1030. The number of aliphatic hydroxyl groups excluding tert-OH is 2. The van der Waals surface area contributed by atoms with Gasteiger partial charge in [-0.3, -0.25) is 9.36 Å². The zero-order valence-electron chi connectivity index (χ0n) is 15.2. The van der Waals surface area contributed by atoms with E-state index >= 15 is 0 Å². The predicted molar refractivity (Wildman–Crippen MR) is 96.2 cm³/mol. The van der Waals surface area contributed by atoms with E-state index in [4.69, 9.17) is 14.9 Å². The fraction of sp³-hybridized carbons (Fsp3) is 0.333. The summed E-state index contributed by atoms with van der Waals surface area (Å²) in [6.07, 6.45) is -5.49. The molecule has 3 atom stereocenters. The molecule has 0 aliphatic carbocycles. The second kappa shape index (κ2) is 8.26. The van der Waals surface area contributed by atoms with Crippen LogP contribution in [0, 0.1) is 0 Å². The van der Waals surface area contributed by atoms with Gasteiger partial charge in [-0.25, -0.2) is 9.59 Å². The van der Waals surface area contributed by atoms with Crippen molar-refractivity contribution in [3.05, 3.63) is 58.1 Å². The van der Waals surface area contributed by atoms with Gasteiger partial charge in [0.25, 0.3) is 0 Å². The van der Waals surface area contributed by atoms with E-state index in [1.165, 1.54) is 18.2 Å². The average Bonchev–Trinajstić information content (AvgIpc) is 2.91. The van der Waals surface area contributed by atoms with Gasteiger partial charge in [0.05, 0.1) is 18.6 Å². The lowest BCUT2D eigenvalue weighted by Crippen LogP contribution is -2.41. The smallest absolute Gasteiger partial charge is 0.351 e. The minimum absolute atomic E-state index is 0.0614. The van der Waals surface area contributed by atoms with Crippen molar-refractivity contribution in [1.82, 2.24) is 9.55 Å². The molecule has 2 aromatic rings. The number of nitrogens with zero attached hydrogens (tertiary/aromatic N) is 2. The Kier molecular flexibility index (Phi) is 5.92. The molecule has 160 valence electrons. The first-order chi connectivity index (χ1) is 14.1. The third-order valence-electron chi connectivity index (χ3n) is 4.51. The summed E-state index contributed by atoms with van der Waals surface area (Å²) in [5, 5.41) is 30.0. The van der Waals surface area contributed by atoms with Crippen molar-refractivity contribution in [2.45, 2.75) is 30.8 Å². The molecule has 3 unspecified atom stereocenters. The number of amides is 1. The number of ether oxygens (including phenoxy) is 1. The molecule has 30 heavy (non-hydrogen) atoms. The van der Waals surface area contributed by atoms with Gasteiger partial charge in [0.2, 0.25) is 12.1 Å². The van der Waals surface area contributed by atoms with Crippen molar-refractivity contribution >= 4 is 17.7 Å². The van der Waals surface area contributed by atoms with E-state index in [0.29, 0.717) is 4.57 Å². The number of hydrogen-bond acceptors (Lipinski definition) is 7. The highest BCUT2D eigenvalue weighted by molar-refractivity contribution is 5.95. The molecule has 2 heterocycles. The van der Waals surface area contributed by atoms with E-state index in [1.54, 1.807) is 6.07 Å². The van der Waals surface area contributed by atoms with Gasteiger partial charge in [-0.05, 0) is 17.7 Å². The number of rotatable bonds is 6. The molecule has 3 rings (SSSR count). The molecule has 1 aromatic heterocycles. The van der Waals surface area contributed by atoms with Crippen LogP contribution in [0.1, 0.15) is 22.1 Å². The zero-order chi connectivity index (χ0) is 22.1. The highest BCUT2D eigenvalue weighted by atomic mass is 19.3. The summed E-state index contributed by atoms with van der Waals surface area (Å²) >= 11 is 0. The maximum Gasteiger partial charge on any atom is 0.351 e. The first kappa shape index (κ1) is 21.5. The zero-order valence-corrected chi connectivity index (χ0v) is 15.2. The normalized spacial score (nSPS) is 22.6. The molecule has 1 aliphatic rings. The fourth-order valence-electron chi connectivity index (χ4n) is 3.02. The number of benzene rings is 1. The van der Waals surface area contributed by atoms with Gasteiger partial charge in [-0.1, -0.05) is 18.2 Å². The van der Waals surface area contributed by atoms with Gasteiger partial charge < -0.3 is 25.4 Å². The summed E-state index contributed by atoms with van der Waals surface area (Å²) < 4.78 is 33.6. The molecule has 10 nitrogen and oxygen atoms in total. The molecule has 1 saturated heterocycles. The van der Waals surface area contributed by atoms with Crippen LogP contribution >= 0.6 is 0 Å². The maximum atomic E-state index is 14.2. The van der Waals surface area contributed by atoms with Gasteiger partial charge >= 0.3 is 17.6 Å². The number of carboxylic acid groups (broad SMARTS) is 1. The second-order valence-corrected chi connectivity index (χ2v) is 6.52. The second-order valence-electron chi connectivity index (χ2n) is 6.52. The van der Waals surface area contributed by atoms with E-state index in [1.807, 2.05) is 0 Å². The van der Waals surface area contributed by atoms with Gasteiger partial charge in [0, 0.05) is 6.20 Å². The highest BCUT2D eigenvalue weighted by Gasteiger charge is 2.59. The minimum Gasteiger partial charge on any atom is -0.478 e. The molecular formula is C18H17F2N3O7. The molecule has 0 bridgehead atoms. The van der Waals surface area contributed by atoms with Gasteiger partial charge in [-0.2, -0.15) is 13.8 Å². The Morgan fingerprint density at radius 1 is 1.27 bits per heavy atom. The third kappa shape index (κ3) is 4.06. The number of alkyl halides is 2. The third-order valence-corrected chi connectivity index (χ3v) is 4.51. The summed E-state index contributed by atoms with van der Waals surface area (Å²) in [4.78, 5) is 39.0. The lowest BCUT2D eigenvalue weighted by atomic mass is 10.0. The van der Waals surface area contributed by atoms with Crippen LogP contribution in [0.15, 0.2) is 41.3 Å². The largest absolute Gasteiger partial charge is 0.478 e. The maximum absolute atomic E-state index is 14.2. The van der Waals surface area contributed by atoms with Crippen LogP contribution in [-0.4, -0.2) is 61.5 Å². The van der Waals surface area contributed by atoms with Crippen molar-refractivity contribution in [1.29, 1.82) is 0 Å². The number of aromatic carboxylic acids is 1. The lowest BCUT2D eigenvalue weighted by molar-refractivity contribution is -0.141. The number of nitrogens with one attached hydrogen (secondary N) is 1. The number of halogens is 2. The van der Waals surface area contributed by atoms with Crippen LogP contribution in [0.25, 0.3) is 0 Å². The number of hydrogen-bond donors (Lipinski definition) is 4. The summed E-state index contributed by atoms with van der Waals surface area (Å²) in [5.74, 6) is -5.98. The monoisotopic (exact) mass is 425 g/mol. The molecule has 1 aromatic carbocycles. The summed E-state index contributed by atoms with van der Waals surface area (Å²) in [5.41, 5.74) is -1.01. The number of anilines is 1. The predicted octanol–water partition coefficient (Wildman–Crippen LogP) is 0.00860. The number of aromatic nitrogens is 2. The van der Waals surface area contributed by atoms with E-state index in [2.05, 4.69) is 10.3 Å². The first-order valence-electron chi connectivity index (χ1n) is 8.67. The topological polar surface area (TPSA) is 151 Å². The Hall–Kier alpha value is -3.22. The van der Waals surface area contributed by atoms with Gasteiger partial charge in [0.1, 0.15) is 11.9 Å². The molecule has 1 aliphatic heterocycles. The SMILES string of the molecule is O=C(Cc1ccccc1C(=O)O)Nc1ccn(C2OC(CO)C(O)C2(F)F)c(=O)n1. The van der Waals surface area contributed by atoms with Crippen molar-refractivity contribution < 1.29 is 38.4 Å². The van der Waals surface area contributed by atoms with E-state index in [-0.39, 0.29) is 23.4 Å². The van der Waals surface area contributed by atoms with Crippen LogP contribution in [0.2, 0.25) is 0 Å². The van der Waals surface area contributed by atoms with E-state index in [0.717, 1.165) is 12.3 Å². The van der Waals surface area contributed by atoms with Crippen LogP contribution in [0.4, 0.5) is 14.6 Å². The van der Waals surface area contributed by atoms with Gasteiger partial charge in [0.15, 0.2) is 6.10 Å². The molecule has 1 fully saturated rings. The molecular weight excluding hydrogens is 408 g/mol. The summed E-state index contributed by atoms with van der Waals surface area (Å²) in [7, 11) is 0. The van der Waals surface area contributed by atoms with Crippen LogP contribution < -0.4 is 11.0 Å². The number of carboxylic acids is 1. The van der Waals surface area contributed by atoms with Crippen molar-refractivity contribution in [3.63, 3.8) is 0 Å². The van der Waals surface area contributed by atoms with Crippen molar-refractivity contribution in [2.75, 3.05) is 11.9 Å². The Morgan fingerprint density at radius 3 is 2.57 bits per heavy atom. The van der Waals surface area contributed by atoms with E-state index < -0.39 is 48.5 Å². The van der Waals surface area contributed by atoms with Crippen LogP contribution in [0.3, 0.4) is 0 Å². The number of aliphatic hydroxyl groups is 2. The molecule has 4 N–H and O–H groups in total. The van der Waals surface area contributed by atoms with Crippen LogP contribution in [0.5, 0.6) is 0 Å². The number of carbonyl (C=O) groups is 2. The average molecular weight is 425 g/mol. The summed E-state index contributed by atoms with van der Waals surface area (Å²) in [6, 6.07) is 6.92. The quantitative estimate of drug-likeness (QED) is 0.505. The number of carbonyl (C=O) groups excluding carboxylic acids is 1. The Morgan fingerprint density at radius 2 is 1.97 bits per heavy atom. The molecule has 0 saturated carbocycles. The van der Waals surface area contributed by atoms with Crippen molar-refractivity contribution in [2.24, 2.45) is 0 Å². The summed E-state index contributed by atoms with van der Waals surface area (Å²) in [6.45, 7) is -0.874. The highest BCUT2D eigenvalue weighted by Crippen LogP contribution is 2.41. The minimum atomic E-state index is -3.86. The Labute approximate surface area is 167 Å². The van der Waals surface area contributed by atoms with E-state index in [9.17, 15) is 28.3 Å². The Balaban J connectivity index is 1.76. The standard InChI is InChI=1S/C18H17F2N3O7/c19-18(20)14(26)11(8-24)30-16(18)23-6-5-12(22-17(23)29)21-13(25)7-9-3-1-2-4-10(9)15(27)28/h1-6,11,14,16,24,26H,7-8H2,(H,27,28)(H,21,22,25,29). The first-order valence-corrected chi connectivity index (χ1v) is 8.67. The molecule has 12 heteroatoms. The fourth-order valence-corrected chi connectivity index (χ4v) is 3.02. The van der Waals surface area contributed by atoms with Gasteiger partial charge in [-0.15, -0.1) is 0 Å². The van der Waals surface area contributed by atoms with Crippen LogP contribution in [-0.2, 0) is 16.0 Å². The lowest BCUT2D eigenvalue weighted by Gasteiger charge is -2.21. The van der Waals surface area contributed by atoms with Crippen molar-refractivity contribution in [3.8, 4) is 0 Å².